The van der Waals surface area contributed by atoms with Crippen LogP contribution in [0.15, 0.2) is 53.7 Å². The van der Waals surface area contributed by atoms with Crippen molar-refractivity contribution in [1.82, 2.24) is 14.8 Å². The predicted octanol–water partition coefficient (Wildman–Crippen LogP) is 3.01. The van der Waals surface area contributed by atoms with Crippen LogP contribution in [-0.2, 0) is 18.3 Å². The van der Waals surface area contributed by atoms with Crippen LogP contribution >= 0.6 is 11.8 Å². The van der Waals surface area contributed by atoms with Crippen LogP contribution in [0, 0.1) is 0 Å². The molecule has 0 radical (unpaired) electrons. The molecule has 0 fully saturated rings. The number of hydrogen-bond acceptors (Lipinski definition) is 6. The first-order chi connectivity index (χ1) is 14.2. The van der Waals surface area contributed by atoms with Gasteiger partial charge in [0.05, 0.1) is 5.75 Å². The SMILES string of the molecule is Cn1c(SCC(=O)N2CCc3ccccc32)nnc1[C@H]1COc2ccccc2O1. The summed E-state index contributed by atoms with van der Waals surface area (Å²) in [6.45, 7) is 1.10. The summed E-state index contributed by atoms with van der Waals surface area (Å²) < 4.78 is 13.7. The zero-order chi connectivity index (χ0) is 19.8. The van der Waals surface area contributed by atoms with E-state index in [1.54, 1.807) is 0 Å². The molecule has 0 N–H and O–H groups in total. The van der Waals surface area contributed by atoms with E-state index in [-0.39, 0.29) is 12.0 Å². The highest BCUT2D eigenvalue weighted by molar-refractivity contribution is 7.99. The van der Waals surface area contributed by atoms with Crippen LogP contribution in [0.3, 0.4) is 0 Å². The van der Waals surface area contributed by atoms with Gasteiger partial charge in [0.1, 0.15) is 6.61 Å². The third kappa shape index (κ3) is 3.33. The first-order valence-corrected chi connectivity index (χ1v) is 10.5. The normalized spacial score (nSPS) is 17.3. The van der Waals surface area contributed by atoms with Crippen LogP contribution < -0.4 is 14.4 Å². The van der Waals surface area contributed by atoms with E-state index in [9.17, 15) is 4.79 Å². The maximum absolute atomic E-state index is 12.7. The molecule has 0 saturated heterocycles. The average Bonchev–Trinajstić information content (AvgIpc) is 3.35. The fraction of sp³-hybridized carbons (Fsp3) is 0.286. The maximum Gasteiger partial charge on any atom is 0.237 e. The smallest absolute Gasteiger partial charge is 0.237 e. The summed E-state index contributed by atoms with van der Waals surface area (Å²) in [4.78, 5) is 14.6. The van der Waals surface area contributed by atoms with Crippen molar-refractivity contribution < 1.29 is 14.3 Å². The summed E-state index contributed by atoms with van der Waals surface area (Å²) in [5.41, 5.74) is 2.24. The lowest BCUT2D eigenvalue weighted by molar-refractivity contribution is -0.116. The summed E-state index contributed by atoms with van der Waals surface area (Å²) >= 11 is 1.39. The maximum atomic E-state index is 12.7. The van der Waals surface area contributed by atoms with Gasteiger partial charge in [0, 0.05) is 19.3 Å². The Hall–Kier alpha value is -3.00. The molecular weight excluding hydrogens is 388 g/mol. The van der Waals surface area contributed by atoms with Crippen LogP contribution in [0.2, 0.25) is 0 Å². The van der Waals surface area contributed by atoms with E-state index in [4.69, 9.17) is 9.47 Å². The predicted molar refractivity (Wildman–Crippen MR) is 110 cm³/mol. The fourth-order valence-electron chi connectivity index (χ4n) is 3.68. The molecule has 0 spiro atoms. The van der Waals surface area contributed by atoms with Crippen LogP contribution in [0.25, 0.3) is 0 Å². The zero-order valence-electron chi connectivity index (χ0n) is 15.9. The quantitative estimate of drug-likeness (QED) is 0.618. The largest absolute Gasteiger partial charge is 0.485 e. The number of carbonyl (C=O) groups is 1. The molecule has 7 nitrogen and oxygen atoms in total. The molecule has 1 atom stereocenters. The summed E-state index contributed by atoms with van der Waals surface area (Å²) in [5.74, 6) is 2.50. The van der Waals surface area contributed by atoms with Gasteiger partial charge in [-0.2, -0.15) is 0 Å². The molecule has 8 heteroatoms. The lowest BCUT2D eigenvalue weighted by atomic mass is 10.2. The van der Waals surface area contributed by atoms with Gasteiger partial charge in [-0.25, -0.2) is 0 Å². The van der Waals surface area contributed by atoms with E-state index >= 15 is 0 Å². The van der Waals surface area contributed by atoms with Gasteiger partial charge in [0.15, 0.2) is 28.6 Å². The highest BCUT2D eigenvalue weighted by Crippen LogP contribution is 2.36. The van der Waals surface area contributed by atoms with Gasteiger partial charge in [-0.3, -0.25) is 4.79 Å². The van der Waals surface area contributed by atoms with Gasteiger partial charge in [0.25, 0.3) is 0 Å². The molecule has 1 amide bonds. The standard InChI is InChI=1S/C21H20N4O3S/c1-24-20(18-12-27-16-8-4-5-9-17(16)28-18)22-23-21(24)29-13-19(26)25-11-10-14-6-2-3-7-15(14)25/h2-9,18H,10-13H2,1H3/t18-/m1/s1. The highest BCUT2D eigenvalue weighted by atomic mass is 32.2. The number of anilines is 1. The minimum absolute atomic E-state index is 0.0793. The van der Waals surface area contributed by atoms with Gasteiger partial charge in [-0.15, -0.1) is 10.2 Å². The molecule has 2 aliphatic heterocycles. The molecule has 2 aromatic carbocycles. The van der Waals surface area contributed by atoms with Gasteiger partial charge in [-0.1, -0.05) is 42.1 Å². The van der Waals surface area contributed by atoms with E-state index in [0.29, 0.717) is 29.1 Å². The van der Waals surface area contributed by atoms with Crippen LogP contribution in [-0.4, -0.2) is 39.6 Å². The monoisotopic (exact) mass is 408 g/mol. The number of aromatic nitrogens is 3. The second-order valence-corrected chi connectivity index (χ2v) is 7.92. The van der Waals surface area contributed by atoms with Crippen LogP contribution in [0.4, 0.5) is 5.69 Å². The summed E-state index contributed by atoms with van der Waals surface area (Å²) in [6, 6.07) is 15.6. The Kier molecular flexibility index (Phi) is 4.63. The summed E-state index contributed by atoms with van der Waals surface area (Å²) in [7, 11) is 1.89. The lowest BCUT2D eigenvalue weighted by Crippen LogP contribution is -2.30. The van der Waals surface area contributed by atoms with E-state index < -0.39 is 0 Å². The number of nitrogens with zero attached hydrogens (tertiary/aromatic N) is 4. The molecule has 1 aromatic heterocycles. The third-order valence-electron chi connectivity index (χ3n) is 5.18. The molecule has 0 unspecified atom stereocenters. The van der Waals surface area contributed by atoms with Crippen molar-refractivity contribution >= 4 is 23.4 Å². The molecule has 0 aliphatic carbocycles. The number of benzene rings is 2. The lowest BCUT2D eigenvalue weighted by Gasteiger charge is -2.25. The van der Waals surface area contributed by atoms with E-state index in [2.05, 4.69) is 16.3 Å². The van der Waals surface area contributed by atoms with Gasteiger partial charge in [-0.05, 0) is 30.2 Å². The van der Waals surface area contributed by atoms with E-state index in [1.165, 1.54) is 17.3 Å². The molecule has 29 heavy (non-hydrogen) atoms. The molecule has 3 aromatic rings. The number of para-hydroxylation sites is 3. The third-order valence-corrected chi connectivity index (χ3v) is 6.18. The molecular formula is C21H20N4O3S. The molecule has 5 rings (SSSR count). The zero-order valence-corrected chi connectivity index (χ0v) is 16.8. The van der Waals surface area contributed by atoms with Gasteiger partial charge in [0.2, 0.25) is 5.91 Å². The van der Waals surface area contributed by atoms with Gasteiger partial charge < -0.3 is 18.9 Å². The van der Waals surface area contributed by atoms with Crippen molar-refractivity contribution in [1.29, 1.82) is 0 Å². The second kappa shape index (κ2) is 7.44. The molecule has 0 bridgehead atoms. The molecule has 3 heterocycles. The molecule has 0 saturated carbocycles. The average molecular weight is 408 g/mol. The second-order valence-electron chi connectivity index (χ2n) is 6.98. The Labute approximate surface area is 172 Å². The van der Waals surface area contributed by atoms with Crippen LogP contribution in [0.1, 0.15) is 17.5 Å². The molecule has 2 aliphatic rings. The Balaban J connectivity index is 1.26. The fourth-order valence-corrected chi connectivity index (χ4v) is 4.47. The van der Waals surface area contributed by atoms with E-state index in [0.717, 1.165) is 24.4 Å². The number of hydrogen-bond donors (Lipinski definition) is 0. The van der Waals surface area contributed by atoms with Crippen LogP contribution in [0.5, 0.6) is 11.5 Å². The Morgan fingerprint density at radius 3 is 2.83 bits per heavy atom. The van der Waals surface area contributed by atoms with Crippen molar-refractivity contribution in [3.05, 3.63) is 59.9 Å². The molecule has 148 valence electrons. The Morgan fingerprint density at radius 1 is 1.14 bits per heavy atom. The Morgan fingerprint density at radius 2 is 1.93 bits per heavy atom. The summed E-state index contributed by atoms with van der Waals surface area (Å²) in [5, 5.41) is 9.23. The number of carbonyl (C=O) groups excluding carboxylic acids is 1. The van der Waals surface area contributed by atoms with Crippen molar-refractivity contribution in [2.24, 2.45) is 7.05 Å². The van der Waals surface area contributed by atoms with Crippen molar-refractivity contribution in [3.8, 4) is 11.5 Å². The first kappa shape index (κ1) is 18.1. The number of fused-ring (bicyclic) bond motifs is 2. The highest BCUT2D eigenvalue weighted by Gasteiger charge is 2.28. The van der Waals surface area contributed by atoms with Crippen molar-refractivity contribution in [2.75, 3.05) is 23.8 Å². The van der Waals surface area contributed by atoms with E-state index in [1.807, 2.05) is 59.0 Å². The van der Waals surface area contributed by atoms with Crippen molar-refractivity contribution in [2.45, 2.75) is 17.7 Å². The number of thioether (sulfide) groups is 1. The Bertz CT molecular complexity index is 1070. The minimum Gasteiger partial charge on any atom is -0.485 e. The topological polar surface area (TPSA) is 69.5 Å². The summed E-state index contributed by atoms with van der Waals surface area (Å²) in [6.07, 6.45) is 0.569. The number of rotatable bonds is 4. The number of amides is 1. The number of ether oxygens (including phenoxy) is 2. The minimum atomic E-state index is -0.335. The van der Waals surface area contributed by atoms with Gasteiger partial charge >= 0.3 is 0 Å². The first-order valence-electron chi connectivity index (χ1n) is 9.49. The van der Waals surface area contributed by atoms with Crippen molar-refractivity contribution in [3.63, 3.8) is 0 Å².